The minimum absolute atomic E-state index is 0.251. The lowest BCUT2D eigenvalue weighted by Gasteiger charge is -2.06. The van der Waals surface area contributed by atoms with E-state index in [4.69, 9.17) is 9.15 Å². The highest BCUT2D eigenvalue weighted by Crippen LogP contribution is 2.23. The fourth-order valence-electron chi connectivity index (χ4n) is 2.26. The smallest absolute Gasteiger partial charge is 0.355 e. The van der Waals surface area contributed by atoms with Crippen molar-refractivity contribution in [2.75, 3.05) is 6.61 Å². The third kappa shape index (κ3) is 4.16. The quantitative estimate of drug-likeness (QED) is 0.684. The summed E-state index contributed by atoms with van der Waals surface area (Å²) >= 11 is 1.54. The topological polar surface area (TPSA) is 86.4 Å². The summed E-state index contributed by atoms with van der Waals surface area (Å²) < 4.78 is 11.8. The molecule has 0 aromatic carbocycles. The van der Waals surface area contributed by atoms with Crippen molar-refractivity contribution in [3.63, 3.8) is 0 Å². The number of carbonyl (C=O) groups excluding carboxylic acids is 2. The van der Waals surface area contributed by atoms with E-state index < -0.39 is 11.9 Å². The van der Waals surface area contributed by atoms with Gasteiger partial charge in [-0.1, -0.05) is 0 Å². The van der Waals surface area contributed by atoms with Crippen LogP contribution in [0.2, 0.25) is 0 Å². The molecule has 0 saturated carbocycles. The van der Waals surface area contributed by atoms with Crippen molar-refractivity contribution in [1.82, 2.24) is 14.9 Å². The van der Waals surface area contributed by atoms with Crippen LogP contribution in [0.4, 0.5) is 0 Å². The van der Waals surface area contributed by atoms with Gasteiger partial charge in [0.25, 0.3) is 5.91 Å². The molecule has 0 aliphatic carbocycles. The Morgan fingerprint density at radius 2 is 2.28 bits per heavy atom. The number of aryl methyl sites for hydroxylation is 2. The van der Waals surface area contributed by atoms with Crippen LogP contribution in [0.5, 0.6) is 0 Å². The van der Waals surface area contributed by atoms with Crippen LogP contribution in [0.15, 0.2) is 40.5 Å². The van der Waals surface area contributed by atoms with E-state index in [0.717, 1.165) is 16.3 Å². The highest BCUT2D eigenvalue weighted by molar-refractivity contribution is 7.09. The van der Waals surface area contributed by atoms with E-state index in [1.165, 1.54) is 6.26 Å². The van der Waals surface area contributed by atoms with Crippen molar-refractivity contribution in [3.8, 4) is 11.3 Å². The number of hydrogen-bond donors (Lipinski definition) is 1. The number of amides is 1. The fourth-order valence-corrected chi connectivity index (χ4v) is 2.88. The van der Waals surface area contributed by atoms with Crippen molar-refractivity contribution < 1.29 is 18.7 Å². The summed E-state index contributed by atoms with van der Waals surface area (Å²) in [7, 11) is 1.75. The number of nitrogens with zero attached hydrogens (tertiary/aromatic N) is 2. The molecule has 0 aliphatic heterocycles. The Hall–Kier alpha value is -2.87. The van der Waals surface area contributed by atoms with Gasteiger partial charge in [-0.25, -0.2) is 9.78 Å². The lowest BCUT2D eigenvalue weighted by molar-refractivity contribution is -0.124. The van der Waals surface area contributed by atoms with Gasteiger partial charge in [-0.2, -0.15) is 0 Å². The molecule has 3 heterocycles. The second kappa shape index (κ2) is 7.35. The lowest BCUT2D eigenvalue weighted by atomic mass is 10.2. The van der Waals surface area contributed by atoms with Gasteiger partial charge in [0.05, 0.1) is 23.5 Å². The number of esters is 1. The molecule has 0 radical (unpaired) electrons. The standard InChI is InChI=1S/C17H17N3O4S/c1-11-19-14(10-25-11)12-6-15(20(2)8-12)17(22)24-9-16(21)18-7-13-4-3-5-23-13/h3-6,8,10H,7,9H2,1-2H3,(H,18,21). The molecule has 0 fully saturated rings. The molecule has 8 heteroatoms. The fraction of sp³-hybridized carbons (Fsp3) is 0.235. The van der Waals surface area contributed by atoms with E-state index in [2.05, 4.69) is 10.3 Å². The van der Waals surface area contributed by atoms with E-state index >= 15 is 0 Å². The van der Waals surface area contributed by atoms with Gasteiger partial charge < -0.3 is 19.0 Å². The molecular formula is C17H17N3O4S. The van der Waals surface area contributed by atoms with E-state index in [9.17, 15) is 9.59 Å². The van der Waals surface area contributed by atoms with E-state index in [1.54, 1.807) is 41.2 Å². The van der Waals surface area contributed by atoms with Gasteiger partial charge in [-0.15, -0.1) is 11.3 Å². The lowest BCUT2D eigenvalue weighted by Crippen LogP contribution is -2.28. The van der Waals surface area contributed by atoms with Crippen LogP contribution in [-0.4, -0.2) is 28.0 Å². The molecule has 25 heavy (non-hydrogen) atoms. The summed E-state index contributed by atoms with van der Waals surface area (Å²) in [4.78, 5) is 28.3. The summed E-state index contributed by atoms with van der Waals surface area (Å²) in [6.45, 7) is 1.82. The Kier molecular flexibility index (Phi) is 4.99. The molecule has 0 unspecified atom stereocenters. The number of furan rings is 1. The first-order chi connectivity index (χ1) is 12.0. The predicted molar refractivity (Wildman–Crippen MR) is 92.1 cm³/mol. The predicted octanol–water partition coefficient (Wildman–Crippen LogP) is 2.52. The molecule has 0 spiro atoms. The van der Waals surface area contributed by atoms with Gasteiger partial charge in [0.2, 0.25) is 0 Å². The molecule has 0 bridgehead atoms. The third-order valence-corrected chi connectivity index (χ3v) is 4.28. The molecule has 1 N–H and O–H groups in total. The molecule has 3 aromatic heterocycles. The molecule has 3 rings (SSSR count). The molecular weight excluding hydrogens is 342 g/mol. The normalized spacial score (nSPS) is 10.6. The average molecular weight is 359 g/mol. The highest BCUT2D eigenvalue weighted by atomic mass is 32.1. The number of nitrogens with one attached hydrogen (secondary N) is 1. The van der Waals surface area contributed by atoms with Crippen LogP contribution in [-0.2, 0) is 23.1 Å². The first-order valence-electron chi connectivity index (χ1n) is 7.58. The largest absolute Gasteiger partial charge is 0.467 e. The van der Waals surface area contributed by atoms with Gasteiger partial charge >= 0.3 is 5.97 Å². The summed E-state index contributed by atoms with van der Waals surface area (Å²) in [6.07, 6.45) is 3.33. The van der Waals surface area contributed by atoms with Gasteiger partial charge in [-0.05, 0) is 25.1 Å². The van der Waals surface area contributed by atoms with E-state index in [0.29, 0.717) is 11.5 Å². The van der Waals surface area contributed by atoms with Crippen LogP contribution in [0.25, 0.3) is 11.3 Å². The second-order valence-corrected chi connectivity index (χ2v) is 6.47. The SMILES string of the molecule is Cc1nc(-c2cc(C(=O)OCC(=O)NCc3ccco3)n(C)c2)cs1. The Balaban J connectivity index is 1.56. The van der Waals surface area contributed by atoms with Gasteiger partial charge in [0, 0.05) is 24.2 Å². The van der Waals surface area contributed by atoms with E-state index in [1.807, 2.05) is 18.5 Å². The maximum atomic E-state index is 12.2. The number of carbonyl (C=O) groups is 2. The zero-order valence-electron chi connectivity index (χ0n) is 13.8. The Morgan fingerprint density at radius 1 is 1.44 bits per heavy atom. The number of rotatable bonds is 6. The molecule has 0 aliphatic rings. The van der Waals surface area contributed by atoms with Crippen LogP contribution in [0.3, 0.4) is 0 Å². The van der Waals surface area contributed by atoms with E-state index in [-0.39, 0.29) is 13.2 Å². The van der Waals surface area contributed by atoms with Crippen molar-refractivity contribution >= 4 is 23.2 Å². The summed E-state index contributed by atoms with van der Waals surface area (Å²) in [5, 5.41) is 5.50. The van der Waals surface area contributed by atoms with Crippen molar-refractivity contribution in [2.45, 2.75) is 13.5 Å². The Bertz CT molecular complexity index is 880. The summed E-state index contributed by atoms with van der Waals surface area (Å²) in [6, 6.07) is 5.19. The molecule has 3 aromatic rings. The van der Waals surface area contributed by atoms with Crippen molar-refractivity contribution in [3.05, 3.63) is 52.5 Å². The first kappa shape index (κ1) is 17.0. The van der Waals surface area contributed by atoms with Gasteiger partial charge in [0.1, 0.15) is 11.5 Å². The molecule has 0 saturated heterocycles. The monoisotopic (exact) mass is 359 g/mol. The van der Waals surface area contributed by atoms with Gasteiger partial charge in [-0.3, -0.25) is 4.79 Å². The molecule has 0 atom stereocenters. The number of aromatic nitrogens is 2. The van der Waals surface area contributed by atoms with Crippen LogP contribution in [0, 0.1) is 6.92 Å². The molecule has 7 nitrogen and oxygen atoms in total. The second-order valence-electron chi connectivity index (χ2n) is 5.41. The van der Waals surface area contributed by atoms with Crippen LogP contribution >= 0.6 is 11.3 Å². The number of thiazole rings is 1. The Labute approximate surface area is 148 Å². The molecule has 1 amide bonds. The summed E-state index contributed by atoms with van der Waals surface area (Å²) in [5.41, 5.74) is 2.01. The van der Waals surface area contributed by atoms with Crippen molar-refractivity contribution in [1.29, 1.82) is 0 Å². The maximum absolute atomic E-state index is 12.2. The summed E-state index contributed by atoms with van der Waals surface area (Å²) in [5.74, 6) is -0.325. The average Bonchev–Trinajstić information content (AvgIpc) is 3.31. The Morgan fingerprint density at radius 3 is 2.96 bits per heavy atom. The number of hydrogen-bond acceptors (Lipinski definition) is 6. The minimum atomic E-state index is -0.561. The van der Waals surface area contributed by atoms with Crippen LogP contribution in [0.1, 0.15) is 21.3 Å². The number of ether oxygens (including phenoxy) is 1. The zero-order chi connectivity index (χ0) is 17.8. The highest BCUT2D eigenvalue weighted by Gasteiger charge is 2.16. The zero-order valence-corrected chi connectivity index (χ0v) is 14.6. The van der Waals surface area contributed by atoms with Crippen molar-refractivity contribution in [2.24, 2.45) is 7.05 Å². The van der Waals surface area contributed by atoms with Crippen LogP contribution < -0.4 is 5.32 Å². The van der Waals surface area contributed by atoms with Gasteiger partial charge in [0.15, 0.2) is 6.61 Å². The first-order valence-corrected chi connectivity index (χ1v) is 8.46. The third-order valence-electron chi connectivity index (χ3n) is 3.50. The minimum Gasteiger partial charge on any atom is -0.467 e. The molecule has 130 valence electrons. The maximum Gasteiger partial charge on any atom is 0.355 e.